The zero-order chi connectivity index (χ0) is 38.1. The third-order valence-corrected chi connectivity index (χ3v) is 12.5. The van der Waals surface area contributed by atoms with Gasteiger partial charge >= 0.3 is 0 Å². The van der Waals surface area contributed by atoms with Crippen LogP contribution in [0.3, 0.4) is 0 Å². The minimum Gasteiger partial charge on any atom is -1.00 e. The lowest BCUT2D eigenvalue weighted by Gasteiger charge is -2.24. The fourth-order valence-electron chi connectivity index (χ4n) is 9.77. The molecule has 0 spiro atoms. The van der Waals surface area contributed by atoms with Gasteiger partial charge in [-0.05, 0) is 87.1 Å². The number of H-pyrrole nitrogens is 4. The molecule has 2 aliphatic carbocycles. The number of aromatic nitrogens is 8. The number of aromatic amines is 4. The summed E-state index contributed by atoms with van der Waals surface area (Å²) in [4.78, 5) is 14.8. The van der Waals surface area contributed by atoms with E-state index in [-0.39, 0.29) is 49.6 Å². The average Bonchev–Trinajstić information content (AvgIpc) is 3.96. The summed E-state index contributed by atoms with van der Waals surface area (Å²) in [5.74, 6) is 7.80. The molecule has 0 amide bonds. The molecule has 8 aromatic rings. The highest BCUT2D eigenvalue weighted by molar-refractivity contribution is 5.73. The van der Waals surface area contributed by atoms with Gasteiger partial charge < -0.3 is 49.6 Å². The Bertz CT molecular complexity index is 2300. The van der Waals surface area contributed by atoms with Crippen molar-refractivity contribution in [2.45, 2.75) is 82.0 Å². The number of nitrogens with one attached hydrogen (secondary N) is 4. The second-order valence-corrected chi connectivity index (χ2v) is 15.7. The standard InChI is InChI=1S/2C22H24N4.C2H3N.4ClH/c2*1-25-19-12-5-3-10-17(19)23-21(25)15-8-7-9-16(14-15)22-24-18-11-4-6-13-20(18)26(22)2;1-2-3;;;;/h2*3-6,10-13,15-16H,7-9,14H2,1-2H3;1H3;4*1H/t2*15-,16+;;;;;. The Morgan fingerprint density at radius 1 is 0.424 bits per heavy atom. The van der Waals surface area contributed by atoms with Gasteiger partial charge in [0.05, 0.1) is 57.9 Å². The zero-order valence-electron chi connectivity index (χ0n) is 34.5. The number of hydrogen-bond acceptors (Lipinski definition) is 1. The van der Waals surface area contributed by atoms with Gasteiger partial charge in [0.25, 0.3) is 23.3 Å². The minimum atomic E-state index is 0. The summed E-state index contributed by atoms with van der Waals surface area (Å²) in [6.45, 7) is 1.43. The summed E-state index contributed by atoms with van der Waals surface area (Å²) < 4.78 is 9.42. The molecule has 2 aliphatic rings. The summed E-state index contributed by atoms with van der Waals surface area (Å²) in [7, 11) is 8.78. The van der Waals surface area contributed by atoms with Crippen molar-refractivity contribution in [1.82, 2.24) is 19.9 Å². The van der Waals surface area contributed by atoms with E-state index < -0.39 is 0 Å². The zero-order valence-corrected chi connectivity index (χ0v) is 37.5. The molecule has 0 radical (unpaired) electrons. The molecule has 13 heteroatoms. The molecular formula is C46H55Cl4N9. The van der Waals surface area contributed by atoms with E-state index in [0.717, 1.165) is 0 Å². The van der Waals surface area contributed by atoms with Gasteiger partial charge in [-0.15, -0.1) is 0 Å². The molecular weight excluding hydrogens is 820 g/mol. The van der Waals surface area contributed by atoms with E-state index >= 15 is 0 Å². The molecule has 0 unspecified atom stereocenters. The monoisotopic (exact) mass is 873 g/mol. The Morgan fingerprint density at radius 2 is 0.627 bits per heavy atom. The SMILES string of the molecule is CC#N.C[n+]1c([C@@H]2CCC[C@H](c3[nH]c4ccccc4[n+]3C)C2)[nH]c2ccccc21.C[n+]1c([C@@H]2CCC[C@H](c3[nH]c4ccccc4[n+]3C)C2)[nH]c2ccccc21.[Cl-].[Cl-].[Cl-].[Cl-]. The summed E-state index contributed by atoms with van der Waals surface area (Å²) in [6, 6.07) is 36.2. The fraction of sp³-hybridized carbons (Fsp3) is 0.370. The van der Waals surface area contributed by atoms with Crippen LogP contribution in [0.5, 0.6) is 0 Å². The first-order valence-corrected chi connectivity index (χ1v) is 20.0. The normalized spacial score (nSPS) is 18.5. The van der Waals surface area contributed by atoms with Crippen molar-refractivity contribution in [3.63, 3.8) is 0 Å². The third-order valence-electron chi connectivity index (χ3n) is 12.5. The number of para-hydroxylation sites is 8. The number of imidazole rings is 4. The molecule has 0 aliphatic heterocycles. The molecule has 312 valence electrons. The van der Waals surface area contributed by atoms with E-state index in [9.17, 15) is 0 Å². The summed E-state index contributed by atoms with van der Waals surface area (Å²) in [6.07, 6.45) is 10.0. The molecule has 0 saturated heterocycles. The Kier molecular flexibility index (Phi) is 16.4. The largest absolute Gasteiger partial charge is 1.00 e. The quantitative estimate of drug-likeness (QED) is 0.134. The molecule has 0 bridgehead atoms. The van der Waals surface area contributed by atoms with Gasteiger partial charge in [0.1, 0.15) is 0 Å². The lowest BCUT2D eigenvalue weighted by Crippen LogP contribution is -3.00. The second kappa shape index (κ2) is 20.6. The molecule has 59 heavy (non-hydrogen) atoms. The fourth-order valence-corrected chi connectivity index (χ4v) is 9.77. The molecule has 4 atom stereocenters. The van der Waals surface area contributed by atoms with E-state index in [1.165, 1.54) is 126 Å². The lowest BCUT2D eigenvalue weighted by atomic mass is 9.80. The summed E-state index contributed by atoms with van der Waals surface area (Å²) in [5.41, 5.74) is 10.1. The third kappa shape index (κ3) is 9.27. The van der Waals surface area contributed by atoms with Gasteiger partial charge in [-0.3, -0.25) is 0 Å². The second-order valence-electron chi connectivity index (χ2n) is 15.7. The topological polar surface area (TPSA) is 102 Å². The molecule has 4 aromatic carbocycles. The number of rotatable bonds is 4. The minimum absolute atomic E-state index is 0. The number of halogens is 4. The van der Waals surface area contributed by atoms with Gasteiger partial charge in [-0.1, -0.05) is 61.4 Å². The van der Waals surface area contributed by atoms with Crippen LogP contribution in [0.15, 0.2) is 97.1 Å². The highest BCUT2D eigenvalue weighted by Crippen LogP contribution is 2.41. The van der Waals surface area contributed by atoms with Crippen molar-refractivity contribution in [3.8, 4) is 6.07 Å². The van der Waals surface area contributed by atoms with Gasteiger partial charge in [0.15, 0.2) is 44.1 Å². The van der Waals surface area contributed by atoms with E-state index in [4.69, 9.17) is 5.26 Å². The lowest BCUT2D eigenvalue weighted by molar-refractivity contribution is -0.657. The Labute approximate surface area is 371 Å². The molecule has 4 heterocycles. The van der Waals surface area contributed by atoms with Crippen LogP contribution in [-0.2, 0) is 28.2 Å². The number of nitriles is 1. The van der Waals surface area contributed by atoms with Crippen LogP contribution in [0.1, 0.15) is 105 Å². The maximum Gasteiger partial charge on any atom is 0.258 e. The van der Waals surface area contributed by atoms with Crippen molar-refractivity contribution in [2.75, 3.05) is 0 Å². The smallest absolute Gasteiger partial charge is 0.258 e. The van der Waals surface area contributed by atoms with Crippen LogP contribution in [0.4, 0.5) is 0 Å². The average molecular weight is 876 g/mol. The Balaban J connectivity index is 0.000000230. The summed E-state index contributed by atoms with van der Waals surface area (Å²) >= 11 is 0. The van der Waals surface area contributed by atoms with Crippen LogP contribution in [0.25, 0.3) is 44.1 Å². The highest BCUT2D eigenvalue weighted by atomic mass is 35.5. The predicted molar refractivity (Wildman–Crippen MR) is 217 cm³/mol. The van der Waals surface area contributed by atoms with Crippen LogP contribution in [0, 0.1) is 11.3 Å². The molecule has 2 saturated carbocycles. The molecule has 2 fully saturated rings. The van der Waals surface area contributed by atoms with Crippen molar-refractivity contribution in [2.24, 2.45) is 28.2 Å². The molecule has 4 N–H and O–H groups in total. The van der Waals surface area contributed by atoms with Crippen molar-refractivity contribution >= 4 is 44.1 Å². The first-order chi connectivity index (χ1) is 26.9. The van der Waals surface area contributed by atoms with Crippen LogP contribution in [0.2, 0.25) is 0 Å². The van der Waals surface area contributed by atoms with Gasteiger partial charge in [-0.25, -0.2) is 38.2 Å². The molecule has 4 aromatic heterocycles. The Morgan fingerprint density at radius 3 is 0.831 bits per heavy atom. The van der Waals surface area contributed by atoms with Crippen molar-refractivity contribution in [3.05, 3.63) is 120 Å². The van der Waals surface area contributed by atoms with Crippen LogP contribution >= 0.6 is 0 Å². The first kappa shape index (κ1) is 47.1. The number of aryl methyl sites for hydroxylation is 4. The maximum atomic E-state index is 7.32. The van der Waals surface area contributed by atoms with E-state index in [2.05, 4.69) is 163 Å². The predicted octanol–water partition coefficient (Wildman–Crippen LogP) is -3.97. The van der Waals surface area contributed by atoms with Crippen molar-refractivity contribution in [1.29, 1.82) is 5.26 Å². The number of fused-ring (bicyclic) bond motifs is 4. The van der Waals surface area contributed by atoms with Gasteiger partial charge in [0, 0.05) is 6.92 Å². The summed E-state index contributed by atoms with van der Waals surface area (Å²) in [5, 5.41) is 7.32. The highest BCUT2D eigenvalue weighted by Gasteiger charge is 2.37. The molecule has 9 nitrogen and oxygen atoms in total. The maximum absolute atomic E-state index is 7.32. The van der Waals surface area contributed by atoms with Crippen molar-refractivity contribution < 1.29 is 67.9 Å². The molecule has 10 rings (SSSR count). The van der Waals surface area contributed by atoms with Gasteiger partial charge in [-0.2, -0.15) is 5.26 Å². The number of nitrogens with zero attached hydrogens (tertiary/aromatic N) is 5. The number of hydrogen-bond donors (Lipinski definition) is 4. The Hall–Kier alpha value is -4.59. The van der Waals surface area contributed by atoms with E-state index in [1.54, 1.807) is 6.07 Å². The van der Waals surface area contributed by atoms with E-state index in [1.807, 2.05) is 0 Å². The van der Waals surface area contributed by atoms with Crippen LogP contribution in [-0.4, -0.2) is 19.9 Å². The van der Waals surface area contributed by atoms with Crippen LogP contribution < -0.4 is 67.9 Å². The van der Waals surface area contributed by atoms with Gasteiger partial charge in [0.2, 0.25) is 0 Å². The first-order valence-electron chi connectivity index (χ1n) is 20.0. The van der Waals surface area contributed by atoms with E-state index in [0.29, 0.717) is 23.7 Å². The number of benzene rings is 4.